The topological polar surface area (TPSA) is 54.0 Å². The van der Waals surface area contributed by atoms with Gasteiger partial charge in [-0.2, -0.15) is 0 Å². The molecular weight excluding hydrogens is 332 g/mol. The Balaban J connectivity index is 1.96. The first kappa shape index (κ1) is 20.6. The Morgan fingerprint density at radius 2 is 1.96 bits per heavy atom. The fraction of sp³-hybridized carbons (Fsp3) is 0.571. The van der Waals surface area contributed by atoms with Crippen molar-refractivity contribution in [2.24, 2.45) is 0 Å². The molecular formula is C21H30O5. The maximum absolute atomic E-state index is 10.6. The Morgan fingerprint density at radius 3 is 2.58 bits per heavy atom. The zero-order valence-corrected chi connectivity index (χ0v) is 16.1. The first-order chi connectivity index (χ1) is 12.5. The number of hydrogen-bond donors (Lipinski definition) is 0. The number of allylic oxidation sites excluding steroid dienone is 1. The van der Waals surface area contributed by atoms with Crippen LogP contribution in [0.3, 0.4) is 0 Å². The predicted molar refractivity (Wildman–Crippen MR) is 100 cm³/mol. The van der Waals surface area contributed by atoms with E-state index in [9.17, 15) is 4.79 Å². The van der Waals surface area contributed by atoms with Crippen molar-refractivity contribution >= 4 is 6.29 Å². The van der Waals surface area contributed by atoms with Crippen LogP contribution in [0.1, 0.15) is 45.6 Å². The molecule has 0 saturated carbocycles. The third-order valence-corrected chi connectivity index (χ3v) is 4.35. The smallest absolute Gasteiger partial charge is 0.164 e. The number of hydrogen-bond acceptors (Lipinski definition) is 5. The second kappa shape index (κ2) is 9.86. The Hall–Kier alpha value is -1.69. The molecule has 0 bridgehead atoms. The minimum atomic E-state index is -0.657. The van der Waals surface area contributed by atoms with E-state index in [4.69, 9.17) is 18.9 Å². The monoisotopic (exact) mass is 362 g/mol. The highest BCUT2D eigenvalue weighted by Gasteiger charge is 2.40. The lowest BCUT2D eigenvalue weighted by Gasteiger charge is -2.23. The molecule has 5 heteroatoms. The molecule has 26 heavy (non-hydrogen) atoms. The molecule has 5 nitrogen and oxygen atoms in total. The molecule has 1 saturated heterocycles. The number of carbonyl (C=O) groups excluding carboxylic acids is 1. The summed E-state index contributed by atoms with van der Waals surface area (Å²) in [6, 6.07) is 7.89. The quantitative estimate of drug-likeness (QED) is 0.464. The molecule has 1 aliphatic rings. The first-order valence-electron chi connectivity index (χ1n) is 9.19. The molecule has 1 heterocycles. The van der Waals surface area contributed by atoms with E-state index < -0.39 is 5.79 Å². The third kappa shape index (κ3) is 6.24. The molecule has 0 amide bonds. The van der Waals surface area contributed by atoms with E-state index in [1.54, 1.807) is 13.2 Å². The van der Waals surface area contributed by atoms with Crippen LogP contribution in [0.4, 0.5) is 0 Å². The van der Waals surface area contributed by atoms with Crippen molar-refractivity contribution in [1.29, 1.82) is 0 Å². The Kier molecular flexibility index (Phi) is 7.82. The zero-order valence-electron chi connectivity index (χ0n) is 16.1. The molecule has 1 aliphatic heterocycles. The van der Waals surface area contributed by atoms with Gasteiger partial charge in [0.05, 0.1) is 25.9 Å². The van der Waals surface area contributed by atoms with Gasteiger partial charge in [0.15, 0.2) is 5.79 Å². The molecule has 0 spiro atoms. The van der Waals surface area contributed by atoms with Gasteiger partial charge in [0.1, 0.15) is 18.1 Å². The average Bonchev–Trinajstić information content (AvgIpc) is 2.92. The second-order valence-electron chi connectivity index (χ2n) is 6.97. The minimum absolute atomic E-state index is 0.0664. The maximum Gasteiger partial charge on any atom is 0.164 e. The third-order valence-electron chi connectivity index (χ3n) is 4.35. The lowest BCUT2D eigenvalue weighted by molar-refractivity contribution is -0.146. The van der Waals surface area contributed by atoms with Crippen molar-refractivity contribution in [3.63, 3.8) is 0 Å². The summed E-state index contributed by atoms with van der Waals surface area (Å²) in [6.07, 6.45) is 6.38. The number of rotatable bonds is 10. The lowest BCUT2D eigenvalue weighted by atomic mass is 10.0. The van der Waals surface area contributed by atoms with Crippen LogP contribution in [0, 0.1) is 0 Å². The summed E-state index contributed by atoms with van der Waals surface area (Å²) in [5, 5.41) is 0. The van der Waals surface area contributed by atoms with Crippen molar-refractivity contribution in [2.75, 3.05) is 7.11 Å². The second-order valence-corrected chi connectivity index (χ2v) is 6.97. The Labute approximate surface area is 156 Å². The van der Waals surface area contributed by atoms with E-state index in [2.05, 4.69) is 6.92 Å². The number of aldehydes is 1. The normalized spacial score (nSPS) is 23.2. The highest BCUT2D eigenvalue weighted by Crippen LogP contribution is 2.32. The number of methoxy groups -OCH3 is 1. The minimum Gasteiger partial charge on any atom is -0.497 e. The van der Waals surface area contributed by atoms with E-state index >= 15 is 0 Å². The summed E-state index contributed by atoms with van der Waals surface area (Å²) in [5.74, 6) is 0.178. The van der Waals surface area contributed by atoms with E-state index in [-0.39, 0.29) is 18.3 Å². The highest BCUT2D eigenvalue weighted by molar-refractivity contribution is 5.64. The van der Waals surface area contributed by atoms with Gasteiger partial charge < -0.3 is 18.9 Å². The van der Waals surface area contributed by atoms with Crippen LogP contribution < -0.4 is 4.74 Å². The average molecular weight is 362 g/mol. The first-order valence-corrected chi connectivity index (χ1v) is 9.19. The number of ether oxygens (including phenoxy) is 4. The summed E-state index contributed by atoms with van der Waals surface area (Å²) < 4.78 is 23.3. The maximum atomic E-state index is 10.6. The van der Waals surface area contributed by atoms with Gasteiger partial charge in [-0.3, -0.25) is 4.79 Å². The van der Waals surface area contributed by atoms with Crippen LogP contribution in [0.15, 0.2) is 36.4 Å². The molecule has 2 rings (SSSR count). The largest absolute Gasteiger partial charge is 0.497 e. The molecule has 1 fully saturated rings. The standard InChI is InChI=1S/C21H30O5/c1-5-7-18(24-15-16-9-11-17(23-4)12-10-16)14-20-19(8-6-13-22)25-21(2,3)26-20/h6,8-13,18-20H,5,7,14-15H2,1-4H3/b8-6+/t18-,19-,20-/m0/s1. The highest BCUT2D eigenvalue weighted by atomic mass is 16.7. The molecule has 0 unspecified atom stereocenters. The molecule has 3 atom stereocenters. The molecule has 0 aliphatic carbocycles. The van der Waals surface area contributed by atoms with Crippen LogP contribution in [-0.2, 0) is 25.6 Å². The van der Waals surface area contributed by atoms with Gasteiger partial charge in [-0.05, 0) is 50.1 Å². The van der Waals surface area contributed by atoms with Crippen LogP contribution in [0.5, 0.6) is 5.75 Å². The summed E-state index contributed by atoms with van der Waals surface area (Å²) in [6.45, 7) is 6.47. The molecule has 1 aromatic carbocycles. The van der Waals surface area contributed by atoms with E-state index in [0.29, 0.717) is 6.61 Å². The summed E-state index contributed by atoms with van der Waals surface area (Å²) in [7, 11) is 1.66. The van der Waals surface area contributed by atoms with Gasteiger partial charge >= 0.3 is 0 Å². The summed E-state index contributed by atoms with van der Waals surface area (Å²) >= 11 is 0. The van der Waals surface area contributed by atoms with E-state index in [0.717, 1.165) is 36.9 Å². The lowest BCUT2D eigenvalue weighted by Crippen LogP contribution is -2.28. The number of benzene rings is 1. The fourth-order valence-corrected chi connectivity index (χ4v) is 3.15. The van der Waals surface area contributed by atoms with Crippen molar-refractivity contribution < 1.29 is 23.7 Å². The Bertz CT molecular complexity index is 579. The van der Waals surface area contributed by atoms with Crippen LogP contribution in [-0.4, -0.2) is 37.5 Å². The van der Waals surface area contributed by atoms with Gasteiger partial charge in [-0.15, -0.1) is 0 Å². The van der Waals surface area contributed by atoms with Crippen LogP contribution in [0.25, 0.3) is 0 Å². The summed E-state index contributed by atoms with van der Waals surface area (Å²) in [4.78, 5) is 10.6. The predicted octanol–water partition coefficient (Wildman–Crippen LogP) is 4.05. The van der Waals surface area contributed by atoms with Crippen molar-refractivity contribution in [3.8, 4) is 5.75 Å². The van der Waals surface area contributed by atoms with Gasteiger partial charge in [0.2, 0.25) is 0 Å². The van der Waals surface area contributed by atoms with Gasteiger partial charge in [-0.25, -0.2) is 0 Å². The fourth-order valence-electron chi connectivity index (χ4n) is 3.15. The molecule has 0 N–H and O–H groups in total. The van der Waals surface area contributed by atoms with Gasteiger partial charge in [0.25, 0.3) is 0 Å². The van der Waals surface area contributed by atoms with Gasteiger partial charge in [0, 0.05) is 6.42 Å². The van der Waals surface area contributed by atoms with Crippen molar-refractivity contribution in [3.05, 3.63) is 42.0 Å². The molecule has 144 valence electrons. The van der Waals surface area contributed by atoms with Crippen molar-refractivity contribution in [2.45, 2.75) is 70.7 Å². The summed E-state index contributed by atoms with van der Waals surface area (Å²) in [5.41, 5.74) is 1.10. The van der Waals surface area contributed by atoms with Crippen LogP contribution >= 0.6 is 0 Å². The zero-order chi connectivity index (χ0) is 19.0. The van der Waals surface area contributed by atoms with E-state index in [1.807, 2.05) is 38.1 Å². The number of carbonyl (C=O) groups is 1. The van der Waals surface area contributed by atoms with Crippen molar-refractivity contribution in [1.82, 2.24) is 0 Å². The SMILES string of the molecule is CCC[C@@H](C[C@@H]1OC(C)(C)O[C@H]1/C=C/C=O)OCc1ccc(OC)cc1. The van der Waals surface area contributed by atoms with Crippen LogP contribution in [0.2, 0.25) is 0 Å². The molecule has 0 radical (unpaired) electrons. The van der Waals surface area contributed by atoms with E-state index in [1.165, 1.54) is 6.08 Å². The Morgan fingerprint density at radius 1 is 1.23 bits per heavy atom. The molecule has 1 aromatic rings. The molecule has 0 aromatic heterocycles. The van der Waals surface area contributed by atoms with Gasteiger partial charge in [-0.1, -0.05) is 25.5 Å².